The Balaban J connectivity index is 1.28. The summed E-state index contributed by atoms with van der Waals surface area (Å²) in [6.07, 6.45) is 5.14. The van der Waals surface area contributed by atoms with Crippen LogP contribution < -0.4 is 0 Å². The van der Waals surface area contributed by atoms with Crippen LogP contribution in [0.5, 0.6) is 0 Å². The van der Waals surface area contributed by atoms with E-state index < -0.39 is 0 Å². The van der Waals surface area contributed by atoms with E-state index in [9.17, 15) is 9.90 Å². The highest BCUT2D eigenvalue weighted by Crippen LogP contribution is 2.42. The first-order valence-corrected chi connectivity index (χ1v) is 10.4. The first-order chi connectivity index (χ1) is 13.0. The van der Waals surface area contributed by atoms with Crippen LogP contribution in [0.25, 0.3) is 0 Å². The molecule has 1 N–H and O–H groups in total. The van der Waals surface area contributed by atoms with Crippen molar-refractivity contribution < 1.29 is 14.6 Å². The second kappa shape index (κ2) is 7.90. The van der Waals surface area contributed by atoms with Gasteiger partial charge in [0.25, 0.3) is 5.91 Å². The average molecular weight is 373 g/mol. The molecule has 5 nitrogen and oxygen atoms in total. The van der Waals surface area contributed by atoms with Crippen molar-refractivity contribution in [2.45, 2.75) is 51.2 Å². The highest BCUT2D eigenvalue weighted by molar-refractivity contribution is 5.94. The second-order valence-electron chi connectivity index (χ2n) is 8.83. The van der Waals surface area contributed by atoms with E-state index in [-0.39, 0.29) is 17.4 Å². The lowest BCUT2D eigenvalue weighted by atomic mass is 9.76. The number of ether oxygens (including phenoxy) is 1. The number of benzene rings is 1. The molecule has 1 aromatic carbocycles. The molecule has 148 valence electrons. The Bertz CT molecular complexity index is 661. The highest BCUT2D eigenvalue weighted by Gasteiger charge is 2.43. The number of hydrogen-bond acceptors (Lipinski definition) is 4. The molecular weight excluding hydrogens is 340 g/mol. The maximum absolute atomic E-state index is 12.8. The van der Waals surface area contributed by atoms with Crippen LogP contribution in [-0.4, -0.2) is 72.4 Å². The summed E-state index contributed by atoms with van der Waals surface area (Å²) in [5.74, 6) is 0.163. The van der Waals surface area contributed by atoms with Gasteiger partial charge < -0.3 is 19.6 Å². The quantitative estimate of drug-likeness (QED) is 0.886. The van der Waals surface area contributed by atoms with E-state index >= 15 is 0 Å². The molecule has 1 atom stereocenters. The first kappa shape index (κ1) is 18.9. The van der Waals surface area contributed by atoms with Crippen molar-refractivity contribution in [3.05, 3.63) is 35.4 Å². The number of aliphatic hydroxyl groups is 1. The Morgan fingerprint density at radius 3 is 2.67 bits per heavy atom. The lowest BCUT2D eigenvalue weighted by molar-refractivity contribution is 0.0302. The predicted octanol–water partition coefficient (Wildman–Crippen LogP) is 2.46. The predicted molar refractivity (Wildman–Crippen MR) is 105 cm³/mol. The number of rotatable bonds is 3. The third-order valence-corrected chi connectivity index (χ3v) is 6.68. The van der Waals surface area contributed by atoms with Crippen molar-refractivity contribution in [1.29, 1.82) is 0 Å². The van der Waals surface area contributed by atoms with Gasteiger partial charge in [-0.1, -0.05) is 17.7 Å². The molecule has 1 aromatic rings. The fourth-order valence-electron chi connectivity index (χ4n) is 4.90. The van der Waals surface area contributed by atoms with Crippen molar-refractivity contribution in [3.8, 4) is 0 Å². The van der Waals surface area contributed by atoms with E-state index in [1.54, 1.807) is 0 Å². The van der Waals surface area contributed by atoms with Crippen molar-refractivity contribution in [3.63, 3.8) is 0 Å². The monoisotopic (exact) mass is 372 g/mol. The summed E-state index contributed by atoms with van der Waals surface area (Å²) in [4.78, 5) is 17.2. The zero-order valence-corrected chi connectivity index (χ0v) is 16.4. The number of carbonyl (C=O) groups excluding carboxylic acids is 1. The number of aliphatic hydroxyl groups excluding tert-OH is 1. The fourth-order valence-corrected chi connectivity index (χ4v) is 4.90. The largest absolute Gasteiger partial charge is 0.393 e. The Labute approximate surface area is 162 Å². The molecule has 0 aliphatic carbocycles. The number of piperidine rings is 2. The number of likely N-dealkylation sites (tertiary alicyclic amines) is 2. The Kier molecular flexibility index (Phi) is 5.53. The molecule has 3 aliphatic rings. The van der Waals surface area contributed by atoms with Crippen LogP contribution in [0.2, 0.25) is 0 Å². The zero-order chi connectivity index (χ0) is 18.9. The Hall–Kier alpha value is -1.43. The van der Waals surface area contributed by atoms with Gasteiger partial charge in [-0.15, -0.1) is 0 Å². The van der Waals surface area contributed by atoms with Crippen LogP contribution in [-0.2, 0) is 4.74 Å². The average Bonchev–Trinajstić information content (AvgIpc) is 3.06. The molecule has 27 heavy (non-hydrogen) atoms. The minimum atomic E-state index is -0.118. The van der Waals surface area contributed by atoms with Crippen molar-refractivity contribution in [2.24, 2.45) is 5.41 Å². The van der Waals surface area contributed by atoms with Crippen LogP contribution in [0.1, 0.15) is 48.0 Å². The summed E-state index contributed by atoms with van der Waals surface area (Å²) in [7, 11) is 0. The molecule has 3 saturated heterocycles. The minimum absolute atomic E-state index is 0.118. The highest BCUT2D eigenvalue weighted by atomic mass is 16.5. The number of nitrogens with zero attached hydrogens (tertiary/aromatic N) is 2. The molecule has 3 fully saturated rings. The molecule has 3 aliphatic heterocycles. The molecule has 3 heterocycles. The molecule has 1 amide bonds. The summed E-state index contributed by atoms with van der Waals surface area (Å²) in [6.45, 7) is 7.47. The fraction of sp³-hybridized carbons (Fsp3) is 0.682. The van der Waals surface area contributed by atoms with Crippen LogP contribution in [0.4, 0.5) is 0 Å². The summed E-state index contributed by atoms with van der Waals surface area (Å²) >= 11 is 0. The lowest BCUT2D eigenvalue weighted by Gasteiger charge is -2.38. The van der Waals surface area contributed by atoms with Crippen molar-refractivity contribution >= 4 is 5.91 Å². The smallest absolute Gasteiger partial charge is 0.253 e. The molecule has 0 radical (unpaired) electrons. The van der Waals surface area contributed by atoms with Crippen LogP contribution in [0, 0.1) is 12.3 Å². The van der Waals surface area contributed by atoms with Crippen molar-refractivity contribution in [1.82, 2.24) is 9.80 Å². The standard InChI is InChI=1S/C22H32N2O3/c1-17-3-2-4-18(13-17)21(26)24-11-7-22(8-12-24)14-20(27-16-22)15-23-9-5-19(25)6-10-23/h2-4,13,19-20,25H,5-12,14-16H2,1H3/t20-/m0/s1. The molecule has 0 bridgehead atoms. The number of carbonyl (C=O) groups is 1. The normalized spacial score (nSPS) is 26.6. The van der Waals surface area contributed by atoms with E-state index in [4.69, 9.17) is 4.74 Å². The van der Waals surface area contributed by atoms with E-state index in [2.05, 4.69) is 4.90 Å². The topological polar surface area (TPSA) is 53.0 Å². The first-order valence-electron chi connectivity index (χ1n) is 10.4. The molecule has 0 saturated carbocycles. The summed E-state index contributed by atoms with van der Waals surface area (Å²) in [5.41, 5.74) is 2.19. The Morgan fingerprint density at radius 2 is 1.96 bits per heavy atom. The van der Waals surface area contributed by atoms with Crippen LogP contribution in [0.3, 0.4) is 0 Å². The molecule has 1 spiro atoms. The third kappa shape index (κ3) is 4.36. The second-order valence-corrected chi connectivity index (χ2v) is 8.83. The lowest BCUT2D eigenvalue weighted by Crippen LogP contribution is -2.44. The Morgan fingerprint density at radius 1 is 1.22 bits per heavy atom. The SMILES string of the molecule is Cc1cccc(C(=O)N2CCC3(CC2)CO[C@H](CN2CCC(O)CC2)C3)c1. The number of amides is 1. The number of aryl methyl sites for hydroxylation is 1. The summed E-state index contributed by atoms with van der Waals surface area (Å²) in [5, 5.41) is 9.66. The maximum Gasteiger partial charge on any atom is 0.253 e. The van der Waals surface area contributed by atoms with Gasteiger partial charge in [0, 0.05) is 38.3 Å². The van der Waals surface area contributed by atoms with Crippen molar-refractivity contribution in [2.75, 3.05) is 39.3 Å². The maximum atomic E-state index is 12.8. The van der Waals surface area contributed by atoms with Gasteiger partial charge in [-0.25, -0.2) is 0 Å². The van der Waals surface area contributed by atoms with Gasteiger partial charge >= 0.3 is 0 Å². The van der Waals surface area contributed by atoms with Gasteiger partial charge in [0.2, 0.25) is 0 Å². The van der Waals surface area contributed by atoms with Gasteiger partial charge in [-0.05, 0) is 56.6 Å². The van der Waals surface area contributed by atoms with E-state index in [1.807, 2.05) is 36.1 Å². The molecule has 5 heteroatoms. The van der Waals surface area contributed by atoms with Gasteiger partial charge in [-0.2, -0.15) is 0 Å². The molecule has 4 rings (SSSR count). The molecule has 0 unspecified atom stereocenters. The van der Waals surface area contributed by atoms with E-state index in [1.165, 1.54) is 0 Å². The van der Waals surface area contributed by atoms with Gasteiger partial charge in [0.15, 0.2) is 0 Å². The van der Waals surface area contributed by atoms with Crippen LogP contribution >= 0.6 is 0 Å². The van der Waals surface area contributed by atoms with Gasteiger partial charge in [0.1, 0.15) is 0 Å². The molecular formula is C22H32N2O3. The zero-order valence-electron chi connectivity index (χ0n) is 16.4. The van der Waals surface area contributed by atoms with E-state index in [0.29, 0.717) is 6.10 Å². The summed E-state index contributed by atoms with van der Waals surface area (Å²) in [6, 6.07) is 7.89. The third-order valence-electron chi connectivity index (χ3n) is 6.68. The van der Waals surface area contributed by atoms with Gasteiger partial charge in [0.05, 0.1) is 18.8 Å². The summed E-state index contributed by atoms with van der Waals surface area (Å²) < 4.78 is 6.16. The van der Waals surface area contributed by atoms with Gasteiger partial charge in [-0.3, -0.25) is 4.79 Å². The minimum Gasteiger partial charge on any atom is -0.393 e. The molecule has 0 aromatic heterocycles. The number of hydrogen-bond donors (Lipinski definition) is 1. The van der Waals surface area contributed by atoms with Crippen LogP contribution in [0.15, 0.2) is 24.3 Å². The van der Waals surface area contributed by atoms with E-state index in [0.717, 1.165) is 82.6 Å².